The number of anilines is 1. The van der Waals surface area contributed by atoms with E-state index in [0.29, 0.717) is 28.1 Å². The van der Waals surface area contributed by atoms with Crippen LogP contribution in [0.2, 0.25) is 0 Å². The molecule has 0 unspecified atom stereocenters. The summed E-state index contributed by atoms with van der Waals surface area (Å²) in [6.07, 6.45) is 4.90. The number of fused-ring (bicyclic) bond motifs is 1. The summed E-state index contributed by atoms with van der Waals surface area (Å²) in [5.74, 6) is 5.21. The molecule has 0 saturated heterocycles. The van der Waals surface area contributed by atoms with Crippen LogP contribution in [0.5, 0.6) is 0 Å². The minimum absolute atomic E-state index is 0.0781. The standard InChI is InChI=1S/C23H25N5O3/c1-4-19-20-16(18(24)14-27(25)15-10-7-6-8-11-15)12-9-13-17(20)22(29)21(23(30)31-3)28(19)26-5-2/h4-14,29H,24-25H2,1-3H3/b18-14-,19-4+,26-5-. The summed E-state index contributed by atoms with van der Waals surface area (Å²) in [6.45, 7) is 3.52. The van der Waals surface area contributed by atoms with Gasteiger partial charge in [0.1, 0.15) is 0 Å². The Balaban J connectivity index is 2.21. The van der Waals surface area contributed by atoms with Crippen molar-refractivity contribution in [2.75, 3.05) is 12.1 Å². The van der Waals surface area contributed by atoms with E-state index in [-0.39, 0.29) is 11.5 Å². The van der Waals surface area contributed by atoms with Crippen molar-refractivity contribution in [3.05, 3.63) is 83.2 Å². The first-order valence-corrected chi connectivity index (χ1v) is 9.61. The number of allylic oxidation sites excluding steroid dienone is 1. The first-order chi connectivity index (χ1) is 14.9. The van der Waals surface area contributed by atoms with E-state index in [4.69, 9.17) is 16.3 Å². The van der Waals surface area contributed by atoms with Gasteiger partial charge in [-0.3, -0.25) is 5.01 Å². The van der Waals surface area contributed by atoms with Crippen molar-refractivity contribution in [3.8, 4) is 0 Å². The lowest BCUT2D eigenvalue weighted by molar-refractivity contribution is -0.137. The molecule has 0 aliphatic carbocycles. The summed E-state index contributed by atoms with van der Waals surface area (Å²) in [7, 11) is 1.25. The van der Waals surface area contributed by atoms with Gasteiger partial charge in [0.15, 0.2) is 11.5 Å². The Morgan fingerprint density at radius 1 is 1.16 bits per heavy atom. The molecule has 160 valence electrons. The third kappa shape index (κ3) is 4.01. The van der Waals surface area contributed by atoms with Crippen LogP contribution in [-0.2, 0) is 9.53 Å². The molecule has 2 aromatic carbocycles. The molecule has 1 heterocycles. The molecule has 2 aromatic rings. The van der Waals surface area contributed by atoms with Gasteiger partial charge in [-0.1, -0.05) is 42.5 Å². The number of hydrazine groups is 1. The van der Waals surface area contributed by atoms with Gasteiger partial charge in [-0.25, -0.2) is 15.6 Å². The molecule has 1 aliphatic heterocycles. The maximum atomic E-state index is 12.4. The molecule has 0 aromatic heterocycles. The van der Waals surface area contributed by atoms with Crippen molar-refractivity contribution in [3.63, 3.8) is 0 Å². The molecule has 8 nitrogen and oxygen atoms in total. The van der Waals surface area contributed by atoms with Gasteiger partial charge in [0.05, 0.1) is 24.2 Å². The monoisotopic (exact) mass is 419 g/mol. The summed E-state index contributed by atoms with van der Waals surface area (Å²) in [4.78, 5) is 12.4. The van der Waals surface area contributed by atoms with Gasteiger partial charge in [0.25, 0.3) is 0 Å². The van der Waals surface area contributed by atoms with Gasteiger partial charge in [-0.15, -0.1) is 0 Å². The molecule has 5 N–H and O–H groups in total. The molecule has 0 amide bonds. The van der Waals surface area contributed by atoms with Crippen LogP contribution in [0.25, 0.3) is 17.2 Å². The zero-order valence-corrected chi connectivity index (χ0v) is 17.6. The Bertz CT molecular complexity index is 1100. The van der Waals surface area contributed by atoms with Crippen LogP contribution < -0.4 is 16.6 Å². The minimum Gasteiger partial charge on any atom is -0.505 e. The van der Waals surface area contributed by atoms with Crippen molar-refractivity contribution in [1.29, 1.82) is 0 Å². The first-order valence-electron chi connectivity index (χ1n) is 9.61. The highest BCUT2D eigenvalue weighted by Crippen LogP contribution is 2.41. The number of hydrogen-bond acceptors (Lipinski definition) is 8. The van der Waals surface area contributed by atoms with Crippen LogP contribution >= 0.6 is 0 Å². The van der Waals surface area contributed by atoms with E-state index in [1.54, 1.807) is 31.3 Å². The van der Waals surface area contributed by atoms with Gasteiger partial charge >= 0.3 is 5.97 Å². The lowest BCUT2D eigenvalue weighted by atomic mass is 9.91. The van der Waals surface area contributed by atoms with E-state index in [1.807, 2.05) is 43.3 Å². The van der Waals surface area contributed by atoms with Crippen molar-refractivity contribution in [1.82, 2.24) is 5.01 Å². The maximum absolute atomic E-state index is 12.4. The SMILES string of the molecule is C/C=N\N1C(C(=O)OC)=C(O)c2cccc(/C(N)=C/N(N)c3ccccc3)c2/C1=C\C. The number of para-hydroxylation sites is 1. The third-order valence-electron chi connectivity index (χ3n) is 4.77. The highest BCUT2D eigenvalue weighted by atomic mass is 16.5. The Labute approximate surface area is 181 Å². The zero-order chi connectivity index (χ0) is 22.5. The molecule has 0 radical (unpaired) electrons. The number of hydrazone groups is 1. The zero-order valence-electron chi connectivity index (χ0n) is 17.6. The van der Waals surface area contributed by atoms with E-state index in [2.05, 4.69) is 5.10 Å². The average molecular weight is 419 g/mol. The van der Waals surface area contributed by atoms with E-state index in [0.717, 1.165) is 5.69 Å². The predicted molar refractivity (Wildman–Crippen MR) is 123 cm³/mol. The van der Waals surface area contributed by atoms with Gasteiger partial charge in [0, 0.05) is 29.1 Å². The Hall–Kier alpha value is -4.04. The number of benzene rings is 2. The fraction of sp³-hybridized carbons (Fsp3) is 0.130. The Morgan fingerprint density at radius 3 is 2.48 bits per heavy atom. The van der Waals surface area contributed by atoms with Gasteiger partial charge < -0.3 is 15.6 Å². The van der Waals surface area contributed by atoms with Crippen molar-refractivity contribution >= 4 is 35.0 Å². The molecule has 1 aliphatic rings. The van der Waals surface area contributed by atoms with Crippen LogP contribution in [0, 0.1) is 0 Å². The van der Waals surface area contributed by atoms with Crippen LogP contribution in [0.1, 0.15) is 30.5 Å². The van der Waals surface area contributed by atoms with E-state index in [1.165, 1.54) is 23.3 Å². The largest absolute Gasteiger partial charge is 0.505 e. The molecular weight excluding hydrogens is 394 g/mol. The second-order valence-electron chi connectivity index (χ2n) is 6.60. The van der Waals surface area contributed by atoms with E-state index in [9.17, 15) is 9.90 Å². The lowest BCUT2D eigenvalue weighted by Gasteiger charge is -2.31. The smallest absolute Gasteiger partial charge is 0.360 e. The second-order valence-corrected chi connectivity index (χ2v) is 6.60. The normalized spacial score (nSPS) is 15.4. The van der Waals surface area contributed by atoms with Gasteiger partial charge in [-0.2, -0.15) is 5.10 Å². The number of rotatable bonds is 5. The fourth-order valence-electron chi connectivity index (χ4n) is 3.40. The van der Waals surface area contributed by atoms with Crippen LogP contribution in [-0.4, -0.2) is 29.4 Å². The molecular formula is C23H25N5O3. The van der Waals surface area contributed by atoms with Crippen LogP contribution in [0.15, 0.2) is 71.6 Å². The molecule has 0 spiro atoms. The third-order valence-corrected chi connectivity index (χ3v) is 4.77. The number of methoxy groups -OCH3 is 1. The van der Waals surface area contributed by atoms with E-state index < -0.39 is 5.97 Å². The summed E-state index contributed by atoms with van der Waals surface area (Å²) >= 11 is 0. The summed E-state index contributed by atoms with van der Waals surface area (Å²) < 4.78 is 4.87. The number of aliphatic hydroxyl groups is 1. The van der Waals surface area contributed by atoms with Crippen LogP contribution in [0.3, 0.4) is 0 Å². The topological polar surface area (TPSA) is 117 Å². The molecule has 0 atom stereocenters. The van der Waals surface area contributed by atoms with Crippen molar-refractivity contribution in [2.45, 2.75) is 13.8 Å². The first kappa shape index (κ1) is 21.7. The number of aliphatic hydroxyl groups excluding tert-OH is 1. The quantitative estimate of drug-likeness (QED) is 0.294. The number of nitrogens with two attached hydrogens (primary N) is 2. The fourth-order valence-corrected chi connectivity index (χ4v) is 3.40. The molecule has 3 rings (SSSR count). The Morgan fingerprint density at radius 2 is 1.87 bits per heavy atom. The second kappa shape index (κ2) is 9.19. The molecule has 31 heavy (non-hydrogen) atoms. The van der Waals surface area contributed by atoms with E-state index >= 15 is 0 Å². The van der Waals surface area contributed by atoms with Crippen molar-refractivity contribution in [2.24, 2.45) is 16.7 Å². The minimum atomic E-state index is -0.709. The van der Waals surface area contributed by atoms with Gasteiger partial charge in [-0.05, 0) is 26.0 Å². The summed E-state index contributed by atoms with van der Waals surface area (Å²) in [6, 6.07) is 14.6. The summed E-state index contributed by atoms with van der Waals surface area (Å²) in [5.41, 5.74) is 9.74. The summed E-state index contributed by atoms with van der Waals surface area (Å²) in [5, 5.41) is 18.0. The molecule has 0 saturated carbocycles. The predicted octanol–water partition coefficient (Wildman–Crippen LogP) is 3.41. The Kier molecular flexibility index (Phi) is 6.42. The molecule has 0 bridgehead atoms. The molecule has 8 heteroatoms. The van der Waals surface area contributed by atoms with Crippen LogP contribution in [0.4, 0.5) is 5.69 Å². The highest BCUT2D eigenvalue weighted by Gasteiger charge is 2.35. The lowest BCUT2D eigenvalue weighted by Crippen LogP contribution is -2.29. The van der Waals surface area contributed by atoms with Gasteiger partial charge in [0.2, 0.25) is 0 Å². The van der Waals surface area contributed by atoms with Crippen molar-refractivity contribution < 1.29 is 14.6 Å². The maximum Gasteiger partial charge on any atom is 0.360 e. The number of esters is 1. The molecule has 0 fully saturated rings. The number of carbonyl (C=O) groups excluding carboxylic acids is 1. The number of carbonyl (C=O) groups is 1. The average Bonchev–Trinajstić information content (AvgIpc) is 2.79. The number of hydrogen-bond donors (Lipinski definition) is 3. The number of nitrogens with zero attached hydrogens (tertiary/aromatic N) is 3. The highest BCUT2D eigenvalue weighted by molar-refractivity contribution is 6.02. The number of ether oxygens (including phenoxy) is 1.